The highest BCUT2D eigenvalue weighted by Crippen LogP contribution is 2.21. The zero-order chi connectivity index (χ0) is 38.4. The number of rotatable bonds is 15. The van der Waals surface area contributed by atoms with E-state index in [1.807, 2.05) is 40.8 Å². The van der Waals surface area contributed by atoms with Crippen molar-refractivity contribution in [1.82, 2.24) is 44.5 Å². The Morgan fingerprint density at radius 2 is 1.54 bits per heavy atom. The second-order valence-electron chi connectivity index (χ2n) is 13.4. The van der Waals surface area contributed by atoms with Gasteiger partial charge in [-0.05, 0) is 37.5 Å². The lowest BCUT2D eigenvalue weighted by atomic mass is 10.1. The summed E-state index contributed by atoms with van der Waals surface area (Å²) in [5.41, 5.74) is 1.53. The normalized spacial score (nSPS) is 11.6. The molecule has 0 aliphatic heterocycles. The van der Waals surface area contributed by atoms with Gasteiger partial charge in [0.2, 0.25) is 5.01 Å². The molecule has 0 aromatic carbocycles. The van der Waals surface area contributed by atoms with E-state index in [1.54, 1.807) is 48.6 Å². The van der Waals surface area contributed by atoms with E-state index in [-0.39, 0.29) is 43.0 Å². The lowest BCUT2D eigenvalue weighted by Crippen LogP contribution is -2.42. The molecule has 0 unspecified atom stereocenters. The van der Waals surface area contributed by atoms with Crippen LogP contribution in [-0.4, -0.2) is 70.4 Å². The largest absolute Gasteiger partial charge is 0.463 e. The molecule has 0 spiro atoms. The highest BCUT2D eigenvalue weighted by atomic mass is 32.1. The van der Waals surface area contributed by atoms with E-state index in [4.69, 9.17) is 14.2 Å². The Morgan fingerprint density at radius 3 is 2.19 bits per heavy atom. The van der Waals surface area contributed by atoms with Gasteiger partial charge in [-0.3, -0.25) is 14.6 Å². The van der Waals surface area contributed by atoms with E-state index < -0.39 is 17.0 Å². The predicted octanol–water partition coefficient (Wildman–Crippen LogP) is 4.08. The molecule has 17 heteroatoms. The number of methoxy groups -OCH3 is 1. The van der Waals surface area contributed by atoms with Crippen LogP contribution >= 0.6 is 11.3 Å². The van der Waals surface area contributed by atoms with Crippen LogP contribution in [0.15, 0.2) is 77.2 Å². The molecule has 0 amide bonds. The van der Waals surface area contributed by atoms with Crippen molar-refractivity contribution in [1.29, 1.82) is 0 Å². The zero-order valence-corrected chi connectivity index (χ0v) is 31.6. The van der Waals surface area contributed by atoms with Crippen molar-refractivity contribution in [3.05, 3.63) is 110 Å². The van der Waals surface area contributed by atoms with E-state index >= 15 is 0 Å². The summed E-state index contributed by atoms with van der Waals surface area (Å²) in [6, 6.07) is 6.45. The molecular formula is C37H40FN10O5S+. The molecule has 0 N–H and O–H groups in total. The highest BCUT2D eigenvalue weighted by Gasteiger charge is 2.26. The Kier molecular flexibility index (Phi) is 11.6. The number of aryl methyl sites for hydroxylation is 1. The van der Waals surface area contributed by atoms with Crippen molar-refractivity contribution in [2.45, 2.75) is 59.7 Å². The van der Waals surface area contributed by atoms with Crippen LogP contribution in [0, 0.1) is 11.7 Å². The van der Waals surface area contributed by atoms with Crippen LogP contribution in [-0.2, 0) is 24.2 Å². The van der Waals surface area contributed by atoms with Crippen molar-refractivity contribution in [2.75, 3.05) is 20.3 Å². The second kappa shape index (κ2) is 16.5. The minimum Gasteiger partial charge on any atom is -0.463 e. The van der Waals surface area contributed by atoms with Crippen LogP contribution in [0.2, 0.25) is 0 Å². The first-order valence-corrected chi connectivity index (χ1v) is 18.0. The first-order valence-electron chi connectivity index (χ1n) is 17.2. The maximum atomic E-state index is 14.1. The molecule has 6 aromatic heterocycles. The van der Waals surface area contributed by atoms with Crippen LogP contribution in [0.4, 0.5) is 4.39 Å². The maximum absolute atomic E-state index is 14.1. The number of aromatic nitrogens is 10. The summed E-state index contributed by atoms with van der Waals surface area (Å²) < 4.78 is 35.2. The smallest absolute Gasteiger partial charge is 0.339 e. The Bertz CT molecular complexity index is 2340. The number of thiazole rings is 1. The van der Waals surface area contributed by atoms with E-state index in [2.05, 4.69) is 35.1 Å². The van der Waals surface area contributed by atoms with Gasteiger partial charge in [0.1, 0.15) is 18.1 Å². The lowest BCUT2D eigenvalue weighted by Gasteiger charge is -2.21. The number of halogens is 1. The van der Waals surface area contributed by atoms with Gasteiger partial charge in [0.25, 0.3) is 11.2 Å². The first kappa shape index (κ1) is 37.9. The molecule has 15 nitrogen and oxygen atoms in total. The predicted molar refractivity (Wildman–Crippen MR) is 197 cm³/mol. The standard InChI is InChI=1S/C37H40FN10O5S/c1-7-33-46(19-28(54-33)20-47-32(49)9-8-29(44-47)25-13-40-35(41-14-25)52-21-23(2)3)31-11-30(26-15-42-36(43-16-26)53-22-37(4,5)51-6)45-48(34(31)50)18-24-10-27(38)17-39-12-24/h8-17,19,23H,7,18,20-22H2,1-6H3/q+1. The van der Waals surface area contributed by atoms with Gasteiger partial charge in [-0.2, -0.15) is 10.2 Å². The van der Waals surface area contributed by atoms with E-state index in [0.717, 1.165) is 16.1 Å². The summed E-state index contributed by atoms with van der Waals surface area (Å²) in [6.07, 6.45) is 11.3. The average Bonchev–Trinajstić information content (AvgIpc) is 3.58. The van der Waals surface area contributed by atoms with E-state index in [0.29, 0.717) is 47.0 Å². The molecule has 0 saturated heterocycles. The van der Waals surface area contributed by atoms with Gasteiger partial charge in [0.15, 0.2) is 6.20 Å². The quantitative estimate of drug-likeness (QED) is 0.138. The minimum absolute atomic E-state index is 0.0434. The van der Waals surface area contributed by atoms with Gasteiger partial charge in [-0.25, -0.2) is 33.7 Å². The molecule has 6 rings (SSSR count). The van der Waals surface area contributed by atoms with Crippen LogP contribution in [0.1, 0.15) is 50.1 Å². The van der Waals surface area contributed by atoms with Gasteiger partial charge < -0.3 is 14.2 Å². The fourth-order valence-corrected chi connectivity index (χ4v) is 6.12. The van der Waals surface area contributed by atoms with Gasteiger partial charge in [-0.1, -0.05) is 32.1 Å². The summed E-state index contributed by atoms with van der Waals surface area (Å²) in [5.74, 6) is -0.204. The molecule has 0 aliphatic carbocycles. The highest BCUT2D eigenvalue weighted by molar-refractivity contribution is 7.11. The summed E-state index contributed by atoms with van der Waals surface area (Å²) >= 11 is 1.44. The summed E-state index contributed by atoms with van der Waals surface area (Å²) in [4.78, 5) is 49.1. The molecule has 0 fully saturated rings. The Labute approximate surface area is 314 Å². The van der Waals surface area contributed by atoms with Crippen molar-refractivity contribution in [2.24, 2.45) is 5.92 Å². The van der Waals surface area contributed by atoms with Crippen molar-refractivity contribution in [3.8, 4) is 40.2 Å². The molecule has 6 heterocycles. The molecule has 0 aliphatic rings. The number of hydrogen-bond donors (Lipinski definition) is 0. The number of nitrogens with zero attached hydrogens (tertiary/aromatic N) is 10. The SMILES string of the molecule is CCc1sc(Cn2nc(-c3cnc(OCC(C)C)nc3)ccc2=O)c[n+]1-c1cc(-c2cnc(OCC(C)(C)OC)nc2)nn(Cc2cncc(F)c2)c1=O. The van der Waals surface area contributed by atoms with Crippen molar-refractivity contribution in [3.63, 3.8) is 0 Å². The molecule has 54 heavy (non-hydrogen) atoms. The second-order valence-corrected chi connectivity index (χ2v) is 14.6. The number of ether oxygens (including phenoxy) is 3. The molecule has 280 valence electrons. The molecule has 6 aromatic rings. The molecule has 0 atom stereocenters. The van der Waals surface area contributed by atoms with Gasteiger partial charge >= 0.3 is 17.6 Å². The van der Waals surface area contributed by atoms with Gasteiger partial charge in [-0.15, -0.1) is 4.57 Å². The monoisotopic (exact) mass is 755 g/mol. The van der Waals surface area contributed by atoms with E-state index in [9.17, 15) is 14.0 Å². The third kappa shape index (κ3) is 9.21. The van der Waals surface area contributed by atoms with Gasteiger partial charge in [0.05, 0.1) is 42.1 Å². The third-order valence-electron chi connectivity index (χ3n) is 8.07. The third-order valence-corrected chi connectivity index (χ3v) is 9.29. The zero-order valence-electron chi connectivity index (χ0n) is 30.8. The minimum atomic E-state index is -0.538. The molecule has 0 saturated carbocycles. The molecular weight excluding hydrogens is 716 g/mol. The Balaban J connectivity index is 1.34. The average molecular weight is 756 g/mol. The van der Waals surface area contributed by atoms with Crippen LogP contribution in [0.5, 0.6) is 12.0 Å². The van der Waals surface area contributed by atoms with Gasteiger partial charge in [0, 0.05) is 67.8 Å². The fraction of sp³-hybridized carbons (Fsp3) is 0.351. The molecule has 0 bridgehead atoms. The fourth-order valence-electron chi connectivity index (χ4n) is 5.07. The topological polar surface area (TPSA) is 166 Å². The van der Waals surface area contributed by atoms with Crippen molar-refractivity contribution >= 4 is 11.3 Å². The van der Waals surface area contributed by atoms with Crippen LogP contribution in [0.3, 0.4) is 0 Å². The number of hydrogen-bond acceptors (Lipinski definition) is 13. The van der Waals surface area contributed by atoms with Crippen molar-refractivity contribution < 1.29 is 23.2 Å². The van der Waals surface area contributed by atoms with Crippen LogP contribution in [0.25, 0.3) is 28.2 Å². The first-order chi connectivity index (χ1) is 25.9. The lowest BCUT2D eigenvalue weighted by molar-refractivity contribution is -0.599. The number of pyridine rings is 1. The Morgan fingerprint density at radius 1 is 0.870 bits per heavy atom. The molecule has 0 radical (unpaired) electrons. The summed E-state index contributed by atoms with van der Waals surface area (Å²) in [6.45, 7) is 10.6. The maximum Gasteiger partial charge on any atom is 0.339 e. The summed E-state index contributed by atoms with van der Waals surface area (Å²) in [5, 5.41) is 10.1. The van der Waals surface area contributed by atoms with Crippen LogP contribution < -0.4 is 25.2 Å². The van der Waals surface area contributed by atoms with E-state index in [1.165, 1.54) is 39.0 Å². The summed E-state index contributed by atoms with van der Waals surface area (Å²) in [7, 11) is 1.60. The Hall–Kier alpha value is -5.81.